The van der Waals surface area contributed by atoms with Crippen LogP contribution in [-0.4, -0.2) is 11.7 Å². The highest BCUT2D eigenvalue weighted by molar-refractivity contribution is 5.26. The molecule has 0 fully saturated rings. The molecule has 94 valence electrons. The third-order valence-electron chi connectivity index (χ3n) is 2.67. The van der Waals surface area contributed by atoms with Crippen molar-refractivity contribution in [2.24, 2.45) is 0 Å². The molecule has 2 nitrogen and oxygen atoms in total. The van der Waals surface area contributed by atoms with Gasteiger partial charge in [0.05, 0.1) is 0 Å². The topological polar surface area (TPSA) is 29.5 Å². The second-order valence-corrected chi connectivity index (χ2v) is 3.96. The van der Waals surface area contributed by atoms with E-state index in [1.165, 1.54) is 6.07 Å². The van der Waals surface area contributed by atoms with Gasteiger partial charge in [-0.2, -0.15) is 0 Å². The predicted molar refractivity (Wildman–Crippen MR) is 67.9 cm³/mol. The molecule has 18 heavy (non-hydrogen) atoms. The highest BCUT2D eigenvalue weighted by Gasteiger charge is 2.14. The second kappa shape index (κ2) is 6.17. The van der Waals surface area contributed by atoms with E-state index in [-0.39, 0.29) is 18.5 Å². The quantitative estimate of drug-likeness (QED) is 0.876. The summed E-state index contributed by atoms with van der Waals surface area (Å²) < 4.78 is 19.2. The number of rotatable bonds is 5. The Morgan fingerprint density at radius 3 is 2.33 bits per heavy atom. The molecule has 2 aromatic rings. The summed E-state index contributed by atoms with van der Waals surface area (Å²) in [6, 6.07) is 15.8. The largest absolute Gasteiger partial charge is 0.483 e. The summed E-state index contributed by atoms with van der Waals surface area (Å²) in [5, 5.41) is 9.07. The van der Waals surface area contributed by atoms with E-state index in [1.54, 1.807) is 18.2 Å². The van der Waals surface area contributed by atoms with E-state index in [2.05, 4.69) is 0 Å². The Kier molecular flexibility index (Phi) is 4.31. The molecule has 0 aromatic heterocycles. The summed E-state index contributed by atoms with van der Waals surface area (Å²) in [6.45, 7) is -0.00594. The summed E-state index contributed by atoms with van der Waals surface area (Å²) >= 11 is 0. The molecular formula is C15H15FO2. The van der Waals surface area contributed by atoms with Crippen molar-refractivity contribution in [3.63, 3.8) is 0 Å². The fourth-order valence-corrected chi connectivity index (χ4v) is 1.77. The number of aliphatic hydroxyl groups excluding tert-OH is 1. The first-order valence-electron chi connectivity index (χ1n) is 5.88. The normalized spacial score (nSPS) is 12.1. The molecule has 0 aliphatic carbocycles. The summed E-state index contributed by atoms with van der Waals surface area (Å²) in [7, 11) is 0. The molecule has 0 saturated carbocycles. The maximum Gasteiger partial charge on any atom is 0.165 e. The highest BCUT2D eigenvalue weighted by atomic mass is 19.1. The van der Waals surface area contributed by atoms with Crippen LogP contribution in [0.3, 0.4) is 0 Å². The van der Waals surface area contributed by atoms with E-state index < -0.39 is 5.82 Å². The molecule has 0 amide bonds. The van der Waals surface area contributed by atoms with Crippen molar-refractivity contribution in [2.75, 3.05) is 6.61 Å². The summed E-state index contributed by atoms with van der Waals surface area (Å²) in [4.78, 5) is 0. The van der Waals surface area contributed by atoms with Gasteiger partial charge in [0.1, 0.15) is 6.10 Å². The Labute approximate surface area is 106 Å². The molecule has 0 unspecified atom stereocenters. The molecule has 1 atom stereocenters. The Balaban J connectivity index is 2.19. The lowest BCUT2D eigenvalue weighted by molar-refractivity contribution is 0.150. The number of hydrogen-bond donors (Lipinski definition) is 1. The number of hydrogen-bond acceptors (Lipinski definition) is 2. The number of para-hydroxylation sites is 1. The van der Waals surface area contributed by atoms with Gasteiger partial charge in [0.2, 0.25) is 0 Å². The Morgan fingerprint density at radius 2 is 1.67 bits per heavy atom. The summed E-state index contributed by atoms with van der Waals surface area (Å²) in [6.07, 6.45) is 0.0892. The van der Waals surface area contributed by atoms with Gasteiger partial charge in [-0.15, -0.1) is 0 Å². The fraction of sp³-hybridized carbons (Fsp3) is 0.200. The lowest BCUT2D eigenvalue weighted by Gasteiger charge is -2.19. The monoisotopic (exact) mass is 246 g/mol. The number of aliphatic hydroxyl groups is 1. The highest BCUT2D eigenvalue weighted by Crippen LogP contribution is 2.26. The summed E-state index contributed by atoms with van der Waals surface area (Å²) in [5.74, 6) is -0.184. The minimum absolute atomic E-state index is 0.00594. The van der Waals surface area contributed by atoms with Crippen molar-refractivity contribution in [3.8, 4) is 5.75 Å². The predicted octanol–water partition coefficient (Wildman–Crippen LogP) is 3.33. The lowest BCUT2D eigenvalue weighted by atomic mass is 10.1. The van der Waals surface area contributed by atoms with Crippen molar-refractivity contribution >= 4 is 0 Å². The van der Waals surface area contributed by atoms with Crippen LogP contribution in [0.1, 0.15) is 18.1 Å². The minimum Gasteiger partial charge on any atom is -0.483 e. The van der Waals surface area contributed by atoms with Crippen LogP contribution in [0.25, 0.3) is 0 Å². The Bertz CT molecular complexity index is 485. The van der Waals surface area contributed by atoms with Crippen LogP contribution in [0.4, 0.5) is 4.39 Å². The van der Waals surface area contributed by atoms with Crippen molar-refractivity contribution in [2.45, 2.75) is 12.5 Å². The second-order valence-electron chi connectivity index (χ2n) is 3.96. The van der Waals surface area contributed by atoms with E-state index in [0.29, 0.717) is 6.42 Å². The number of benzene rings is 2. The number of ether oxygens (including phenoxy) is 1. The average molecular weight is 246 g/mol. The molecule has 0 aliphatic rings. The van der Waals surface area contributed by atoms with Crippen molar-refractivity contribution in [3.05, 3.63) is 66.0 Å². The van der Waals surface area contributed by atoms with Gasteiger partial charge in [0.15, 0.2) is 11.6 Å². The van der Waals surface area contributed by atoms with Gasteiger partial charge in [0, 0.05) is 13.0 Å². The van der Waals surface area contributed by atoms with Crippen LogP contribution in [0.5, 0.6) is 5.75 Å². The van der Waals surface area contributed by atoms with Gasteiger partial charge in [0.25, 0.3) is 0 Å². The molecule has 0 spiro atoms. The van der Waals surface area contributed by atoms with Gasteiger partial charge in [-0.1, -0.05) is 42.5 Å². The van der Waals surface area contributed by atoms with E-state index in [4.69, 9.17) is 9.84 Å². The van der Waals surface area contributed by atoms with Crippen molar-refractivity contribution in [1.82, 2.24) is 0 Å². The third-order valence-corrected chi connectivity index (χ3v) is 2.67. The molecule has 1 N–H and O–H groups in total. The van der Waals surface area contributed by atoms with Crippen LogP contribution in [0.2, 0.25) is 0 Å². The zero-order valence-corrected chi connectivity index (χ0v) is 9.92. The van der Waals surface area contributed by atoms with Crippen molar-refractivity contribution in [1.29, 1.82) is 0 Å². The van der Waals surface area contributed by atoms with Crippen molar-refractivity contribution < 1.29 is 14.2 Å². The van der Waals surface area contributed by atoms with E-state index in [9.17, 15) is 4.39 Å². The van der Waals surface area contributed by atoms with Crippen LogP contribution < -0.4 is 4.74 Å². The molecule has 0 heterocycles. The zero-order valence-electron chi connectivity index (χ0n) is 9.92. The van der Waals surface area contributed by atoms with E-state index in [1.807, 2.05) is 30.3 Å². The third kappa shape index (κ3) is 3.08. The van der Waals surface area contributed by atoms with Gasteiger partial charge >= 0.3 is 0 Å². The molecule has 0 radical (unpaired) electrons. The standard InChI is InChI=1S/C15H15FO2/c16-13-8-4-5-9-15(13)18-14(10-11-17)12-6-2-1-3-7-12/h1-9,14,17H,10-11H2/t14-/m1/s1. The molecule has 0 aliphatic heterocycles. The average Bonchev–Trinajstić information content (AvgIpc) is 2.42. The molecule has 2 rings (SSSR count). The SMILES string of the molecule is OCC[C@@H](Oc1ccccc1F)c1ccccc1. The molecule has 0 saturated heterocycles. The summed E-state index contributed by atoms with van der Waals surface area (Å²) in [5.41, 5.74) is 0.926. The van der Waals surface area contributed by atoms with E-state index in [0.717, 1.165) is 5.56 Å². The van der Waals surface area contributed by atoms with Crippen LogP contribution in [0.15, 0.2) is 54.6 Å². The first-order valence-corrected chi connectivity index (χ1v) is 5.88. The molecule has 2 aromatic carbocycles. The maximum atomic E-state index is 13.5. The smallest absolute Gasteiger partial charge is 0.165 e. The number of halogens is 1. The lowest BCUT2D eigenvalue weighted by Crippen LogP contribution is -2.10. The van der Waals surface area contributed by atoms with Gasteiger partial charge in [-0.25, -0.2) is 4.39 Å². The van der Waals surface area contributed by atoms with E-state index >= 15 is 0 Å². The van der Waals surface area contributed by atoms with Gasteiger partial charge in [-0.3, -0.25) is 0 Å². The van der Waals surface area contributed by atoms with Crippen LogP contribution in [-0.2, 0) is 0 Å². The zero-order chi connectivity index (χ0) is 12.8. The maximum absolute atomic E-state index is 13.5. The Hall–Kier alpha value is -1.87. The van der Waals surface area contributed by atoms with Gasteiger partial charge < -0.3 is 9.84 Å². The first-order chi connectivity index (χ1) is 8.81. The molecule has 0 bridgehead atoms. The molecule has 3 heteroatoms. The Morgan fingerprint density at radius 1 is 1.00 bits per heavy atom. The fourth-order valence-electron chi connectivity index (χ4n) is 1.77. The van der Waals surface area contributed by atoms with Crippen LogP contribution >= 0.6 is 0 Å². The molecular weight excluding hydrogens is 231 g/mol. The minimum atomic E-state index is -0.392. The first kappa shape index (κ1) is 12.6. The van der Waals surface area contributed by atoms with Crippen LogP contribution in [0, 0.1) is 5.82 Å². The van der Waals surface area contributed by atoms with Gasteiger partial charge in [-0.05, 0) is 17.7 Å².